The molecule has 1 fully saturated rings. The van der Waals surface area contributed by atoms with Gasteiger partial charge in [0.05, 0.1) is 0 Å². The molecule has 0 aromatic heterocycles. The van der Waals surface area contributed by atoms with Crippen LogP contribution < -0.4 is 16.4 Å². The van der Waals surface area contributed by atoms with E-state index in [0.29, 0.717) is 6.54 Å². The van der Waals surface area contributed by atoms with Gasteiger partial charge in [-0.05, 0) is 32.5 Å². The quantitative estimate of drug-likeness (QED) is 0.528. The number of primary amides is 1. The minimum absolute atomic E-state index is 0.428. The molecular weight excluding hydrogens is 180 g/mol. The summed E-state index contributed by atoms with van der Waals surface area (Å²) in [6.45, 7) is 6.18. The zero-order chi connectivity index (χ0) is 10.2. The predicted molar refractivity (Wildman–Crippen MR) is 56.1 cm³/mol. The summed E-state index contributed by atoms with van der Waals surface area (Å²) in [6.07, 6.45) is 2.19. The highest BCUT2D eigenvalue weighted by Crippen LogP contribution is 1.95. The van der Waals surface area contributed by atoms with Crippen molar-refractivity contribution in [2.75, 3.05) is 39.3 Å². The molecule has 0 aromatic rings. The van der Waals surface area contributed by atoms with E-state index in [4.69, 9.17) is 5.73 Å². The van der Waals surface area contributed by atoms with E-state index in [9.17, 15) is 4.79 Å². The molecule has 0 bridgehead atoms. The summed E-state index contributed by atoms with van der Waals surface area (Å²) in [5, 5.41) is 5.95. The Morgan fingerprint density at radius 3 is 3.07 bits per heavy atom. The summed E-state index contributed by atoms with van der Waals surface area (Å²) in [7, 11) is 0. The molecule has 4 N–H and O–H groups in total. The lowest BCUT2D eigenvalue weighted by Gasteiger charge is -2.18. The van der Waals surface area contributed by atoms with E-state index in [1.54, 1.807) is 0 Å². The molecule has 0 atom stereocenters. The zero-order valence-electron chi connectivity index (χ0n) is 8.59. The topological polar surface area (TPSA) is 70.4 Å². The van der Waals surface area contributed by atoms with Crippen LogP contribution in [0.3, 0.4) is 0 Å². The average Bonchev–Trinajstić information content (AvgIpc) is 2.40. The Hall–Kier alpha value is -0.810. The Kier molecular flexibility index (Phi) is 5.32. The molecule has 1 saturated heterocycles. The van der Waals surface area contributed by atoms with Crippen molar-refractivity contribution >= 4 is 6.03 Å². The molecule has 5 nitrogen and oxygen atoms in total. The highest BCUT2D eigenvalue weighted by molar-refractivity contribution is 5.71. The van der Waals surface area contributed by atoms with Gasteiger partial charge >= 0.3 is 6.03 Å². The highest BCUT2D eigenvalue weighted by atomic mass is 16.2. The monoisotopic (exact) mass is 200 g/mol. The molecule has 1 rings (SSSR count). The van der Waals surface area contributed by atoms with Crippen LogP contribution in [0.2, 0.25) is 0 Å². The number of carbonyl (C=O) groups excluding carboxylic acids is 1. The van der Waals surface area contributed by atoms with Gasteiger partial charge in [-0.3, -0.25) is 0 Å². The normalized spacial score (nSPS) is 18.9. The SMILES string of the molecule is NC(=O)NCCCN1CCCNCC1. The van der Waals surface area contributed by atoms with Gasteiger partial charge < -0.3 is 21.3 Å². The molecule has 2 amide bonds. The maximum atomic E-state index is 10.4. The third-order valence-electron chi connectivity index (χ3n) is 2.38. The highest BCUT2D eigenvalue weighted by Gasteiger charge is 2.07. The van der Waals surface area contributed by atoms with Crippen LogP contribution in [0.5, 0.6) is 0 Å². The molecule has 1 aliphatic rings. The molecule has 0 unspecified atom stereocenters. The first-order chi connectivity index (χ1) is 6.79. The molecule has 5 heteroatoms. The maximum Gasteiger partial charge on any atom is 0.312 e. The Balaban J connectivity index is 2.01. The Morgan fingerprint density at radius 1 is 1.43 bits per heavy atom. The summed E-state index contributed by atoms with van der Waals surface area (Å²) >= 11 is 0. The second-order valence-corrected chi connectivity index (χ2v) is 3.59. The van der Waals surface area contributed by atoms with Gasteiger partial charge in [0, 0.05) is 19.6 Å². The van der Waals surface area contributed by atoms with Crippen LogP contribution in [0.15, 0.2) is 0 Å². The first-order valence-electron chi connectivity index (χ1n) is 5.25. The number of hydrogen-bond donors (Lipinski definition) is 3. The lowest BCUT2D eigenvalue weighted by atomic mass is 10.3. The standard InChI is InChI=1S/C9H20N4O/c10-9(14)12-4-2-7-13-6-1-3-11-5-8-13/h11H,1-8H2,(H3,10,12,14). The minimum Gasteiger partial charge on any atom is -0.352 e. The summed E-state index contributed by atoms with van der Waals surface area (Å²) < 4.78 is 0. The maximum absolute atomic E-state index is 10.4. The van der Waals surface area contributed by atoms with Gasteiger partial charge in [-0.25, -0.2) is 4.79 Å². The molecule has 0 radical (unpaired) electrons. The summed E-state index contributed by atoms with van der Waals surface area (Å²) in [5.74, 6) is 0. The van der Waals surface area contributed by atoms with Crippen LogP contribution in [0.4, 0.5) is 4.79 Å². The van der Waals surface area contributed by atoms with E-state index >= 15 is 0 Å². The van der Waals surface area contributed by atoms with Crippen molar-refractivity contribution in [3.63, 3.8) is 0 Å². The van der Waals surface area contributed by atoms with Crippen LogP contribution in [-0.4, -0.2) is 50.2 Å². The molecule has 82 valence electrons. The van der Waals surface area contributed by atoms with Crippen LogP contribution in [0, 0.1) is 0 Å². The van der Waals surface area contributed by atoms with Gasteiger partial charge in [-0.1, -0.05) is 0 Å². The number of amides is 2. The lowest BCUT2D eigenvalue weighted by Crippen LogP contribution is -2.34. The number of nitrogens with two attached hydrogens (primary N) is 1. The van der Waals surface area contributed by atoms with Crippen LogP contribution in [-0.2, 0) is 0 Å². The number of urea groups is 1. The van der Waals surface area contributed by atoms with Crippen LogP contribution in [0.25, 0.3) is 0 Å². The number of nitrogens with one attached hydrogen (secondary N) is 2. The number of hydrogen-bond acceptors (Lipinski definition) is 3. The number of nitrogens with zero attached hydrogens (tertiary/aromatic N) is 1. The number of rotatable bonds is 4. The van der Waals surface area contributed by atoms with E-state index in [1.165, 1.54) is 6.42 Å². The second kappa shape index (κ2) is 6.62. The summed E-state index contributed by atoms with van der Waals surface area (Å²) in [6, 6.07) is -0.428. The number of carbonyl (C=O) groups is 1. The molecule has 0 saturated carbocycles. The second-order valence-electron chi connectivity index (χ2n) is 3.59. The minimum atomic E-state index is -0.428. The molecule has 1 heterocycles. The molecular formula is C9H20N4O. The fourth-order valence-corrected chi connectivity index (χ4v) is 1.64. The fourth-order valence-electron chi connectivity index (χ4n) is 1.64. The van der Waals surface area contributed by atoms with Crippen molar-refractivity contribution < 1.29 is 4.79 Å². The largest absolute Gasteiger partial charge is 0.352 e. The molecule has 0 aromatic carbocycles. The van der Waals surface area contributed by atoms with E-state index in [1.807, 2.05) is 0 Å². The van der Waals surface area contributed by atoms with Crippen LogP contribution in [0.1, 0.15) is 12.8 Å². The third-order valence-corrected chi connectivity index (χ3v) is 2.38. The van der Waals surface area contributed by atoms with Gasteiger partial charge in [0.2, 0.25) is 0 Å². The van der Waals surface area contributed by atoms with E-state index in [0.717, 1.165) is 39.1 Å². The van der Waals surface area contributed by atoms with Gasteiger partial charge in [-0.2, -0.15) is 0 Å². The van der Waals surface area contributed by atoms with Crippen molar-refractivity contribution in [2.45, 2.75) is 12.8 Å². The Morgan fingerprint density at radius 2 is 2.29 bits per heavy atom. The van der Waals surface area contributed by atoms with Gasteiger partial charge in [0.1, 0.15) is 0 Å². The third kappa shape index (κ3) is 5.04. The van der Waals surface area contributed by atoms with E-state index in [-0.39, 0.29) is 0 Å². The first kappa shape index (κ1) is 11.3. The zero-order valence-corrected chi connectivity index (χ0v) is 8.59. The predicted octanol–water partition coefficient (Wildman–Crippen LogP) is -0.660. The van der Waals surface area contributed by atoms with Crippen molar-refractivity contribution in [3.05, 3.63) is 0 Å². The lowest BCUT2D eigenvalue weighted by molar-refractivity contribution is 0.246. The average molecular weight is 200 g/mol. The molecule has 0 aliphatic carbocycles. The van der Waals surface area contributed by atoms with Gasteiger partial charge in [-0.15, -0.1) is 0 Å². The first-order valence-corrected chi connectivity index (χ1v) is 5.25. The fraction of sp³-hybridized carbons (Fsp3) is 0.889. The van der Waals surface area contributed by atoms with Gasteiger partial charge in [0.25, 0.3) is 0 Å². The van der Waals surface area contributed by atoms with Crippen LogP contribution >= 0.6 is 0 Å². The Labute approximate surface area is 85.0 Å². The van der Waals surface area contributed by atoms with Gasteiger partial charge in [0.15, 0.2) is 0 Å². The Bertz CT molecular complexity index is 166. The van der Waals surface area contributed by atoms with E-state index in [2.05, 4.69) is 15.5 Å². The smallest absolute Gasteiger partial charge is 0.312 e. The summed E-state index contributed by atoms with van der Waals surface area (Å²) in [5.41, 5.74) is 4.96. The molecule has 1 aliphatic heterocycles. The van der Waals surface area contributed by atoms with Crippen molar-refractivity contribution in [1.82, 2.24) is 15.5 Å². The van der Waals surface area contributed by atoms with Crippen molar-refractivity contribution in [2.24, 2.45) is 5.73 Å². The summed E-state index contributed by atoms with van der Waals surface area (Å²) in [4.78, 5) is 12.8. The van der Waals surface area contributed by atoms with E-state index < -0.39 is 6.03 Å². The molecule has 14 heavy (non-hydrogen) atoms. The molecule has 0 spiro atoms. The van der Waals surface area contributed by atoms with Crippen molar-refractivity contribution in [1.29, 1.82) is 0 Å². The van der Waals surface area contributed by atoms with Crippen molar-refractivity contribution in [3.8, 4) is 0 Å².